The van der Waals surface area contributed by atoms with Gasteiger partial charge in [-0.3, -0.25) is 0 Å². The van der Waals surface area contributed by atoms with Crippen LogP contribution in [0.1, 0.15) is 24.5 Å². The van der Waals surface area contributed by atoms with Gasteiger partial charge in [-0.15, -0.1) is 13.1 Å². The molecule has 2 rings (SSSR count). The summed E-state index contributed by atoms with van der Waals surface area (Å²) in [6, 6.07) is 1.78. The molecule has 2 heterocycles. The van der Waals surface area contributed by atoms with Gasteiger partial charge in [0, 0.05) is 33.9 Å². The molecule has 0 bridgehead atoms. The molecule has 7 heteroatoms. The van der Waals surface area contributed by atoms with E-state index in [-0.39, 0.29) is 26.3 Å². The van der Waals surface area contributed by atoms with Gasteiger partial charge < -0.3 is 10.4 Å². The van der Waals surface area contributed by atoms with Crippen LogP contribution in [0, 0.1) is 0 Å². The largest absolute Gasteiger partial charge is 0.662 e. The first kappa shape index (κ1) is 17.3. The molecule has 1 fully saturated rings. The number of nitrogens with zero attached hydrogens (tertiary/aromatic N) is 3. The van der Waals surface area contributed by atoms with Crippen molar-refractivity contribution < 1.29 is 26.2 Å². The quantitative estimate of drug-likeness (QED) is 0.533. The maximum Gasteiger partial charge on any atom is 0.224 e. The minimum Gasteiger partial charge on any atom is -0.662 e. The fourth-order valence-electron chi connectivity index (χ4n) is 1.64. The molecule has 1 aromatic heterocycles. The number of halogens is 2. The first-order valence-electron chi connectivity index (χ1n) is 5.03. The third-order valence-electron chi connectivity index (χ3n) is 2.32. The van der Waals surface area contributed by atoms with Crippen LogP contribution in [-0.4, -0.2) is 35.3 Å². The Labute approximate surface area is 125 Å². The summed E-state index contributed by atoms with van der Waals surface area (Å²) in [6.45, 7) is 1.78. The first-order chi connectivity index (χ1) is 7.75. The molecule has 1 N–H and O–H groups in total. The van der Waals surface area contributed by atoms with Crippen LogP contribution in [0.25, 0.3) is 5.32 Å². The van der Waals surface area contributed by atoms with E-state index in [0.29, 0.717) is 11.1 Å². The Hall–Kier alpha value is 0.268. The van der Waals surface area contributed by atoms with Crippen LogP contribution in [0.5, 0.6) is 0 Å². The Bertz CT molecular complexity index is 315. The van der Waals surface area contributed by atoms with Crippen molar-refractivity contribution in [2.24, 2.45) is 0 Å². The van der Waals surface area contributed by atoms with Crippen LogP contribution in [0.3, 0.4) is 0 Å². The minimum atomic E-state index is 0. The summed E-state index contributed by atoms with van der Waals surface area (Å²) in [5.41, 5.74) is 0.915. The van der Waals surface area contributed by atoms with Gasteiger partial charge in [0.1, 0.15) is 5.15 Å². The normalized spacial score (nSPS) is 18.7. The first-order valence-corrected chi connectivity index (χ1v) is 5.79. The number of rotatable bonds is 1. The van der Waals surface area contributed by atoms with Gasteiger partial charge in [0.2, 0.25) is 5.28 Å². The third-order valence-corrected chi connectivity index (χ3v) is 2.69. The van der Waals surface area contributed by atoms with Crippen LogP contribution in [0.4, 0.5) is 0 Å². The second-order valence-electron chi connectivity index (χ2n) is 3.35. The fraction of sp³-hybridized carbons (Fsp3) is 0.600. The Morgan fingerprint density at radius 2 is 2.06 bits per heavy atom. The molecule has 1 aliphatic heterocycles. The molecule has 0 radical (unpaired) electrons. The number of hydrogen-bond acceptors (Lipinski definition) is 3. The van der Waals surface area contributed by atoms with Gasteiger partial charge in [0.15, 0.2) is 0 Å². The molecule has 1 atom stereocenters. The SMILES string of the molecule is CO.Clc1cc(C2CCC[N-]C2)nc(Cl)n1.[W]. The molecule has 0 spiro atoms. The zero-order valence-corrected chi connectivity index (χ0v) is 13.9. The predicted molar refractivity (Wildman–Crippen MR) is 65.3 cm³/mol. The smallest absolute Gasteiger partial charge is 0.224 e. The van der Waals surface area contributed by atoms with Crippen molar-refractivity contribution in [2.75, 3.05) is 20.2 Å². The standard InChI is InChI=1S/C9H10Cl2N3.CH4O.W/c10-8-4-7(13-9(11)14-8)6-2-1-3-12-5-6;1-2;/h4,6H,1-3,5H2;2H,1H3;/q-1;;. The van der Waals surface area contributed by atoms with E-state index in [1.165, 1.54) is 0 Å². The topological polar surface area (TPSA) is 60.1 Å². The summed E-state index contributed by atoms with van der Waals surface area (Å²) in [6.07, 6.45) is 2.22. The number of piperidine rings is 1. The van der Waals surface area contributed by atoms with E-state index in [9.17, 15) is 0 Å². The van der Waals surface area contributed by atoms with Gasteiger partial charge in [0.25, 0.3) is 0 Å². The zero-order valence-electron chi connectivity index (χ0n) is 9.44. The van der Waals surface area contributed by atoms with Crippen LogP contribution in [0.15, 0.2) is 6.07 Å². The molecule has 0 aliphatic carbocycles. The molecular formula is C10H14Cl2N3OW-. The van der Waals surface area contributed by atoms with E-state index in [1.54, 1.807) is 6.07 Å². The van der Waals surface area contributed by atoms with Crippen molar-refractivity contribution in [2.45, 2.75) is 18.8 Å². The maximum atomic E-state index is 7.00. The summed E-state index contributed by atoms with van der Waals surface area (Å²) >= 11 is 11.5. The molecule has 4 nitrogen and oxygen atoms in total. The van der Waals surface area contributed by atoms with Crippen LogP contribution < -0.4 is 0 Å². The Morgan fingerprint density at radius 1 is 1.35 bits per heavy atom. The van der Waals surface area contributed by atoms with Crippen LogP contribution in [-0.2, 0) is 21.1 Å². The number of hydrogen-bond donors (Lipinski definition) is 1. The maximum absolute atomic E-state index is 7.00. The molecule has 0 saturated carbocycles. The van der Waals surface area contributed by atoms with Crippen molar-refractivity contribution in [3.63, 3.8) is 0 Å². The second kappa shape index (κ2) is 9.23. The fourth-order valence-corrected chi connectivity index (χ4v) is 2.07. The monoisotopic (exact) mass is 446 g/mol. The van der Waals surface area contributed by atoms with E-state index in [1.807, 2.05) is 0 Å². The second-order valence-corrected chi connectivity index (χ2v) is 4.08. The van der Waals surface area contributed by atoms with Crippen molar-refractivity contribution >= 4 is 23.2 Å². The van der Waals surface area contributed by atoms with Gasteiger partial charge >= 0.3 is 0 Å². The van der Waals surface area contributed by atoms with E-state index in [4.69, 9.17) is 28.3 Å². The average molecular weight is 447 g/mol. The molecule has 1 aliphatic rings. The van der Waals surface area contributed by atoms with Gasteiger partial charge in [0.05, 0.1) is 0 Å². The summed E-state index contributed by atoms with van der Waals surface area (Å²) < 4.78 is 0. The molecule has 1 saturated heterocycles. The molecule has 0 amide bonds. The van der Waals surface area contributed by atoms with Crippen LogP contribution >= 0.6 is 23.2 Å². The van der Waals surface area contributed by atoms with Crippen molar-refractivity contribution in [1.82, 2.24) is 9.97 Å². The van der Waals surface area contributed by atoms with E-state index < -0.39 is 0 Å². The molecule has 17 heavy (non-hydrogen) atoms. The summed E-state index contributed by atoms with van der Waals surface area (Å²) in [4.78, 5) is 7.99. The molecule has 0 aromatic carbocycles. The third kappa shape index (κ3) is 5.62. The Balaban J connectivity index is 0.000000811. The van der Waals surface area contributed by atoms with Gasteiger partial charge in [-0.1, -0.05) is 18.0 Å². The zero-order chi connectivity index (χ0) is 12.0. The van der Waals surface area contributed by atoms with Gasteiger partial charge in [-0.25, -0.2) is 9.97 Å². The van der Waals surface area contributed by atoms with Crippen LogP contribution in [0.2, 0.25) is 10.4 Å². The number of aromatic nitrogens is 2. The predicted octanol–water partition coefficient (Wildman–Crippen LogP) is 2.64. The summed E-state index contributed by atoms with van der Waals surface area (Å²) in [7, 11) is 1.00. The Morgan fingerprint density at radius 3 is 2.59 bits per heavy atom. The van der Waals surface area contributed by atoms with Crippen molar-refractivity contribution in [1.29, 1.82) is 0 Å². The van der Waals surface area contributed by atoms with E-state index >= 15 is 0 Å². The molecule has 1 unspecified atom stereocenters. The number of aliphatic hydroxyl groups excluding tert-OH is 1. The molecule has 1 aromatic rings. The van der Waals surface area contributed by atoms with Gasteiger partial charge in [-0.2, -0.15) is 0 Å². The van der Waals surface area contributed by atoms with Crippen molar-refractivity contribution in [3.05, 3.63) is 27.5 Å². The summed E-state index contributed by atoms with van der Waals surface area (Å²) in [5.74, 6) is 0.363. The molecular weight excluding hydrogens is 433 g/mol. The van der Waals surface area contributed by atoms with E-state index in [0.717, 1.165) is 38.7 Å². The average Bonchev–Trinajstić information content (AvgIpc) is 2.32. The van der Waals surface area contributed by atoms with Crippen molar-refractivity contribution in [3.8, 4) is 0 Å². The van der Waals surface area contributed by atoms with E-state index in [2.05, 4.69) is 15.3 Å². The molecule has 96 valence electrons. The summed E-state index contributed by atoms with van der Waals surface area (Å²) in [5, 5.41) is 12.0. The minimum absolute atomic E-state index is 0. The van der Waals surface area contributed by atoms with Gasteiger partial charge in [-0.05, 0) is 30.0 Å². The number of aliphatic hydroxyl groups is 1. The Kier molecular flexibility index (Phi) is 9.38.